The van der Waals surface area contributed by atoms with Crippen LogP contribution < -0.4 is 21.1 Å². The van der Waals surface area contributed by atoms with E-state index in [0.29, 0.717) is 30.2 Å². The quantitative estimate of drug-likeness (QED) is 0.627. The van der Waals surface area contributed by atoms with Gasteiger partial charge in [-0.05, 0) is 30.5 Å². The number of primary amides is 1. The van der Waals surface area contributed by atoms with E-state index in [0.717, 1.165) is 6.42 Å². The van der Waals surface area contributed by atoms with Crippen molar-refractivity contribution in [2.75, 3.05) is 16.8 Å². The summed E-state index contributed by atoms with van der Waals surface area (Å²) in [5.74, 6) is -0.0329. The van der Waals surface area contributed by atoms with Gasteiger partial charge in [0, 0.05) is 12.2 Å². The van der Waals surface area contributed by atoms with Gasteiger partial charge < -0.3 is 16.0 Å². The average molecular weight is 377 g/mol. The van der Waals surface area contributed by atoms with Crippen molar-refractivity contribution in [3.8, 4) is 0 Å². The van der Waals surface area contributed by atoms with Crippen LogP contribution >= 0.6 is 0 Å². The van der Waals surface area contributed by atoms with Crippen molar-refractivity contribution in [3.05, 3.63) is 36.2 Å². The lowest BCUT2D eigenvalue weighted by molar-refractivity contribution is -0.119. The molecule has 10 nitrogen and oxygen atoms in total. The Bertz CT molecular complexity index is 919. The number of nitrogens with one attached hydrogen (secondary N) is 1. The molecule has 1 fully saturated rings. The summed E-state index contributed by atoms with van der Waals surface area (Å²) in [6.45, 7) is 0.640. The van der Waals surface area contributed by atoms with Gasteiger partial charge in [-0.1, -0.05) is 12.1 Å². The van der Waals surface area contributed by atoms with Crippen molar-refractivity contribution in [1.82, 2.24) is 15.0 Å². The summed E-state index contributed by atoms with van der Waals surface area (Å²) in [4.78, 5) is 25.8. The van der Waals surface area contributed by atoms with Gasteiger partial charge in [0.25, 0.3) is 0 Å². The first-order valence-electron chi connectivity index (χ1n) is 7.93. The van der Waals surface area contributed by atoms with Gasteiger partial charge in [0.1, 0.15) is 12.4 Å². The lowest BCUT2D eigenvalue weighted by Gasteiger charge is -2.21. The summed E-state index contributed by atoms with van der Waals surface area (Å²) in [7, 11) is -3.62. The van der Waals surface area contributed by atoms with Crippen molar-refractivity contribution in [1.29, 1.82) is 0 Å². The van der Waals surface area contributed by atoms with Crippen LogP contribution in [-0.4, -0.2) is 41.9 Å². The number of hydrogen-bond acceptors (Lipinski definition) is 8. The van der Waals surface area contributed by atoms with E-state index in [1.165, 1.54) is 6.33 Å². The summed E-state index contributed by atoms with van der Waals surface area (Å²) in [6, 6.07) is 6.34. The van der Waals surface area contributed by atoms with Crippen molar-refractivity contribution in [2.45, 2.75) is 24.6 Å². The van der Waals surface area contributed by atoms with Crippen LogP contribution in [0.4, 0.5) is 17.6 Å². The summed E-state index contributed by atoms with van der Waals surface area (Å²) >= 11 is 0. The molecule has 1 aliphatic heterocycles. The number of rotatable bonds is 6. The van der Waals surface area contributed by atoms with Crippen molar-refractivity contribution in [2.24, 2.45) is 10.9 Å². The monoisotopic (exact) mass is 377 g/mol. The van der Waals surface area contributed by atoms with E-state index in [1.54, 1.807) is 29.2 Å². The Kier molecular flexibility index (Phi) is 5.00. The third kappa shape index (κ3) is 4.43. The van der Waals surface area contributed by atoms with Gasteiger partial charge in [-0.2, -0.15) is 4.98 Å². The lowest BCUT2D eigenvalue weighted by atomic mass is 10.2. The fraction of sp³-hybridized carbons (Fsp3) is 0.333. The number of benzene rings is 1. The molecule has 5 N–H and O–H groups in total. The predicted molar refractivity (Wildman–Crippen MR) is 95.9 cm³/mol. The molecule has 2 aromatic rings. The van der Waals surface area contributed by atoms with Crippen LogP contribution in [0.15, 0.2) is 30.6 Å². The Balaban J connectivity index is 1.79. The molecule has 138 valence electrons. The predicted octanol–water partition coefficient (Wildman–Crippen LogP) is -0.142. The molecule has 26 heavy (non-hydrogen) atoms. The number of nitrogens with zero attached hydrogens (tertiary/aromatic N) is 4. The number of primary sulfonamides is 1. The second kappa shape index (κ2) is 7.22. The third-order valence-corrected chi connectivity index (χ3v) is 4.68. The van der Waals surface area contributed by atoms with Crippen LogP contribution in [0.3, 0.4) is 0 Å². The number of nitrogens with two attached hydrogens (primary N) is 2. The smallest absolute Gasteiger partial charge is 0.240 e. The molecule has 0 bridgehead atoms. The Morgan fingerprint density at radius 1 is 1.35 bits per heavy atom. The maximum atomic E-state index is 11.5. The normalized spacial score (nSPS) is 17.3. The zero-order valence-corrected chi connectivity index (χ0v) is 14.7. The van der Waals surface area contributed by atoms with Crippen molar-refractivity contribution >= 4 is 33.5 Å². The summed E-state index contributed by atoms with van der Waals surface area (Å²) < 4.78 is 22.5. The average Bonchev–Trinajstić information content (AvgIpc) is 3.04. The zero-order chi connectivity index (χ0) is 18.7. The van der Waals surface area contributed by atoms with Crippen molar-refractivity contribution in [3.63, 3.8) is 0 Å². The second-order valence-electron chi connectivity index (χ2n) is 6.00. The first-order valence-corrected chi connectivity index (χ1v) is 9.65. The molecule has 1 unspecified atom stereocenters. The minimum atomic E-state index is -3.62. The van der Waals surface area contributed by atoms with Gasteiger partial charge in [-0.25, -0.2) is 23.5 Å². The van der Waals surface area contributed by atoms with Gasteiger partial charge in [0.15, 0.2) is 0 Å². The summed E-state index contributed by atoms with van der Waals surface area (Å²) in [6.07, 6.45) is 2.84. The molecular weight excluding hydrogens is 358 g/mol. The standard InChI is InChI=1S/C15H19N7O3S/c16-13(23)12-5-2-6-22(12)15-19-9-18-14(21-15)20-11-4-1-3-10(7-11)8-26(17,24)25/h1,3-4,7,9,12H,2,5-6,8H2,(H2,16,23)(H2,17,24,25)(H,18,19,20,21). The van der Waals surface area contributed by atoms with E-state index in [-0.39, 0.29) is 11.7 Å². The molecule has 0 radical (unpaired) electrons. The number of hydrogen-bond donors (Lipinski definition) is 3. The maximum absolute atomic E-state index is 11.5. The highest BCUT2D eigenvalue weighted by atomic mass is 32.2. The fourth-order valence-corrected chi connectivity index (χ4v) is 3.53. The van der Waals surface area contributed by atoms with E-state index in [4.69, 9.17) is 10.9 Å². The lowest BCUT2D eigenvalue weighted by Crippen LogP contribution is -2.41. The van der Waals surface area contributed by atoms with Crippen LogP contribution in [0, 0.1) is 0 Å². The van der Waals surface area contributed by atoms with Gasteiger partial charge >= 0.3 is 0 Å². The minimum Gasteiger partial charge on any atom is -0.368 e. The number of sulfonamides is 1. The Labute approximate surface area is 150 Å². The molecule has 11 heteroatoms. The molecule has 1 atom stereocenters. The highest BCUT2D eigenvalue weighted by Gasteiger charge is 2.31. The SMILES string of the molecule is NC(=O)C1CCCN1c1ncnc(Nc2cccc(CS(N)(=O)=O)c2)n1. The molecule has 1 aliphatic rings. The van der Waals surface area contributed by atoms with E-state index >= 15 is 0 Å². The highest BCUT2D eigenvalue weighted by molar-refractivity contribution is 7.88. The first kappa shape index (κ1) is 18.0. The van der Waals surface area contributed by atoms with Crippen LogP contribution in [0.2, 0.25) is 0 Å². The number of anilines is 3. The molecule has 3 rings (SSSR count). The van der Waals surface area contributed by atoms with Gasteiger partial charge in [0.2, 0.25) is 27.8 Å². The van der Waals surface area contributed by atoms with E-state index in [1.807, 2.05) is 0 Å². The summed E-state index contributed by atoms with van der Waals surface area (Å²) in [5, 5.41) is 8.07. The molecular formula is C15H19N7O3S. The molecule has 2 heterocycles. The Morgan fingerprint density at radius 2 is 2.15 bits per heavy atom. The second-order valence-corrected chi connectivity index (χ2v) is 7.61. The largest absolute Gasteiger partial charge is 0.368 e. The molecule has 1 aromatic heterocycles. The van der Waals surface area contributed by atoms with E-state index < -0.39 is 22.0 Å². The molecule has 0 saturated carbocycles. The fourth-order valence-electron chi connectivity index (χ4n) is 2.89. The molecule has 0 spiro atoms. The third-order valence-electron chi connectivity index (χ3n) is 3.95. The zero-order valence-electron chi connectivity index (χ0n) is 13.9. The van der Waals surface area contributed by atoms with Crippen LogP contribution in [-0.2, 0) is 20.6 Å². The molecule has 1 saturated heterocycles. The number of carbonyl (C=O) groups excluding carboxylic acids is 1. The summed E-state index contributed by atoms with van der Waals surface area (Å²) in [5.41, 5.74) is 6.58. The Hall–Kier alpha value is -2.79. The molecule has 1 amide bonds. The molecule has 1 aromatic carbocycles. The van der Waals surface area contributed by atoms with E-state index in [9.17, 15) is 13.2 Å². The van der Waals surface area contributed by atoms with Crippen molar-refractivity contribution < 1.29 is 13.2 Å². The minimum absolute atomic E-state index is 0.265. The number of carbonyl (C=O) groups is 1. The van der Waals surface area contributed by atoms with Crippen LogP contribution in [0.5, 0.6) is 0 Å². The topological polar surface area (TPSA) is 157 Å². The van der Waals surface area contributed by atoms with Gasteiger partial charge in [-0.15, -0.1) is 0 Å². The Morgan fingerprint density at radius 3 is 2.88 bits per heavy atom. The number of amides is 1. The number of aromatic nitrogens is 3. The first-order chi connectivity index (χ1) is 12.3. The maximum Gasteiger partial charge on any atom is 0.240 e. The van der Waals surface area contributed by atoms with Gasteiger partial charge in [-0.3, -0.25) is 4.79 Å². The van der Waals surface area contributed by atoms with E-state index in [2.05, 4.69) is 20.3 Å². The highest BCUT2D eigenvalue weighted by Crippen LogP contribution is 2.23. The van der Waals surface area contributed by atoms with Gasteiger partial charge in [0.05, 0.1) is 5.75 Å². The van der Waals surface area contributed by atoms with Crippen LogP contribution in [0.1, 0.15) is 18.4 Å². The molecule has 0 aliphatic carbocycles. The van der Waals surface area contributed by atoms with Crippen LogP contribution in [0.25, 0.3) is 0 Å².